The molecule has 12 N–H and O–H groups in total. The van der Waals surface area contributed by atoms with E-state index in [1.54, 1.807) is 59.9 Å². The summed E-state index contributed by atoms with van der Waals surface area (Å²) < 4.78 is 3.51. The average molecular weight is 1300 g/mol. The van der Waals surface area contributed by atoms with Crippen LogP contribution in [0, 0.1) is 0 Å². The highest BCUT2D eigenvalue weighted by molar-refractivity contribution is 5.93. The van der Waals surface area contributed by atoms with Crippen LogP contribution < -0.4 is 52.3 Å². The number of benzene rings is 5. The minimum absolute atomic E-state index is 0.0570. The fourth-order valence-electron chi connectivity index (χ4n) is 13.8. The highest BCUT2D eigenvalue weighted by atomic mass is 16.3. The molecule has 2 saturated carbocycles. The van der Waals surface area contributed by atoms with Crippen LogP contribution in [0.15, 0.2) is 158 Å². The van der Waals surface area contributed by atoms with Crippen LogP contribution >= 0.6 is 0 Å². The van der Waals surface area contributed by atoms with Crippen molar-refractivity contribution in [1.82, 2.24) is 60.3 Å². The second kappa shape index (κ2) is 28.7. The van der Waals surface area contributed by atoms with Gasteiger partial charge in [0.05, 0.1) is 36.8 Å². The number of carbonyl (C=O) groups excluding carboxylic acids is 4. The lowest BCUT2D eigenvalue weighted by molar-refractivity contribution is -0.123. The van der Waals surface area contributed by atoms with E-state index in [1.807, 2.05) is 82.6 Å². The molecule has 2 aliphatic heterocycles. The molecule has 26 nitrogen and oxygen atoms in total. The highest BCUT2D eigenvalue weighted by Crippen LogP contribution is 2.38. The second-order valence-corrected chi connectivity index (χ2v) is 25.2. The van der Waals surface area contributed by atoms with Gasteiger partial charge in [-0.25, -0.2) is 19.6 Å². The maximum atomic E-state index is 13.8. The smallest absolute Gasteiger partial charge is 0.319 e. The van der Waals surface area contributed by atoms with Crippen molar-refractivity contribution in [3.8, 4) is 0 Å². The van der Waals surface area contributed by atoms with Crippen molar-refractivity contribution in [3.05, 3.63) is 181 Å². The predicted octanol–water partition coefficient (Wildman–Crippen LogP) is 6.38. The Labute approximate surface area is 554 Å². The van der Waals surface area contributed by atoms with E-state index < -0.39 is 60.6 Å². The zero-order valence-corrected chi connectivity index (χ0v) is 53.3. The van der Waals surface area contributed by atoms with Crippen LogP contribution in [0.4, 0.5) is 44.5 Å². The lowest BCUT2D eigenvalue weighted by Gasteiger charge is -2.22. The molecule has 26 heteroatoms. The Kier molecular flexibility index (Phi) is 19.3. The summed E-state index contributed by atoms with van der Waals surface area (Å²) in [5, 5.41) is 70.1. The molecule has 4 aliphatic rings. The molecule has 96 heavy (non-hydrogen) atoms. The number of nitrogens with one attached hydrogen (secondary N) is 8. The third-order valence-corrected chi connectivity index (χ3v) is 18.9. The van der Waals surface area contributed by atoms with Gasteiger partial charge in [-0.2, -0.15) is 19.9 Å². The molecular formula is C70H80N18O8. The first-order valence-corrected chi connectivity index (χ1v) is 33.0. The number of aromatic nitrogens is 8. The third kappa shape index (κ3) is 14.1. The third-order valence-electron chi connectivity index (χ3n) is 18.9. The number of aliphatic hydroxyl groups excluding tert-OH is 4. The molecule has 9 aromatic rings. The van der Waals surface area contributed by atoms with Crippen LogP contribution in [-0.2, 0) is 9.59 Å². The van der Waals surface area contributed by atoms with Crippen LogP contribution in [0.1, 0.15) is 98.5 Å². The van der Waals surface area contributed by atoms with Crippen LogP contribution in [0.3, 0.4) is 0 Å². The molecular weight excluding hydrogens is 1220 g/mol. The van der Waals surface area contributed by atoms with E-state index in [0.717, 1.165) is 22.3 Å². The first kappa shape index (κ1) is 64.4. The number of fused-ring (bicyclic) bond motifs is 2. The summed E-state index contributed by atoms with van der Waals surface area (Å²) in [5.41, 5.74) is 7.12. The van der Waals surface area contributed by atoms with Crippen molar-refractivity contribution < 1.29 is 39.6 Å². The molecule has 4 fully saturated rings. The number of aliphatic hydroxyl groups is 4. The van der Waals surface area contributed by atoms with Crippen molar-refractivity contribution in [2.24, 2.45) is 0 Å². The number of urea groups is 2. The van der Waals surface area contributed by atoms with Gasteiger partial charge in [0, 0.05) is 87.4 Å². The molecule has 13 rings (SSSR count). The molecule has 6 heterocycles. The van der Waals surface area contributed by atoms with E-state index in [-0.39, 0.29) is 61.4 Å². The first-order valence-electron chi connectivity index (χ1n) is 33.0. The summed E-state index contributed by atoms with van der Waals surface area (Å²) in [5.74, 6) is 1.12. The number of hydrogen-bond donors (Lipinski definition) is 12. The Bertz CT molecular complexity index is 3850. The normalized spacial score (nSPS) is 22.4. The molecule has 0 spiro atoms. The maximum Gasteiger partial charge on any atom is 0.319 e. The molecule has 6 amide bonds. The molecule has 2 saturated heterocycles. The van der Waals surface area contributed by atoms with Crippen LogP contribution in [0.25, 0.3) is 22.3 Å². The molecule has 0 bridgehead atoms. The number of rotatable bonds is 22. The number of carbonyl (C=O) groups is 4. The number of amides is 6. The Morgan fingerprint density at radius 1 is 0.479 bits per heavy atom. The fraction of sp³-hybridized carbons (Fsp3) is 0.371. The standard InChI is InChI=1S/C70H80N18O8/c1-3-55(89)79-51-33-53(61(93)59(51)91)87-39-73-57-63(71-35-49(41-18-9-5-10-19-41)42-20-11-6-12-21-42)81-67(83-65(57)87)85-30-28-47(37-85)77-69(95)75-45-26-17-27-46(32-45)76-70(96)78-48-29-31-86(38-48)68-82-64(72-36-50(43-22-13-7-14-23-43)44-24-15-8-16-25-44)58-66(84-68)88(40-74-58)54-34-52(60(92)62(54)94)80-56(90)4-2/h5-27,32,39-40,47-54,59-62,91-94H,3-4,28-31,33-38H2,1-2H3,(H,79,89)(H,80,90)(H,71,81,83)(H,72,82,84)(H2,75,77,95)(H2,76,78,96)/t47?,48?,51?,52?,53-,54+,59+,60-,61?,62?. The molecule has 498 valence electrons. The summed E-state index contributed by atoms with van der Waals surface area (Å²) >= 11 is 0. The quantitative estimate of drug-likeness (QED) is 0.0350. The van der Waals surface area contributed by atoms with Gasteiger partial charge in [0.25, 0.3) is 0 Å². The average Bonchev–Trinajstić information content (AvgIpc) is 1.60. The minimum Gasteiger partial charge on any atom is -0.388 e. The Balaban J connectivity index is 0.667. The number of hydrogen-bond acceptors (Lipinski definition) is 18. The topological polar surface area (TPSA) is 339 Å². The summed E-state index contributed by atoms with van der Waals surface area (Å²) in [6.45, 7) is 6.10. The van der Waals surface area contributed by atoms with Gasteiger partial charge in [-0.3, -0.25) is 9.59 Å². The number of nitrogens with zero attached hydrogens (tertiary/aromatic N) is 10. The summed E-state index contributed by atoms with van der Waals surface area (Å²) in [4.78, 5) is 86.2. The van der Waals surface area contributed by atoms with Gasteiger partial charge in [-0.1, -0.05) is 141 Å². The molecule has 2 aliphatic carbocycles. The van der Waals surface area contributed by atoms with Gasteiger partial charge in [0.1, 0.15) is 24.4 Å². The van der Waals surface area contributed by atoms with Crippen molar-refractivity contribution in [1.29, 1.82) is 0 Å². The summed E-state index contributed by atoms with van der Waals surface area (Å²) in [6, 6.07) is 43.4. The summed E-state index contributed by atoms with van der Waals surface area (Å²) in [6.07, 6.45) is 0.404. The van der Waals surface area contributed by atoms with Gasteiger partial charge in [0.15, 0.2) is 34.0 Å². The molecule has 6 unspecified atom stereocenters. The van der Waals surface area contributed by atoms with Crippen molar-refractivity contribution in [2.45, 2.75) is 125 Å². The van der Waals surface area contributed by atoms with E-state index in [9.17, 15) is 39.6 Å². The lowest BCUT2D eigenvalue weighted by atomic mass is 9.91. The van der Waals surface area contributed by atoms with Gasteiger partial charge < -0.3 is 81.9 Å². The molecule has 4 aromatic heterocycles. The Morgan fingerprint density at radius 2 is 0.854 bits per heavy atom. The largest absolute Gasteiger partial charge is 0.388 e. The Morgan fingerprint density at radius 3 is 1.22 bits per heavy atom. The Hall–Kier alpha value is -10.3. The van der Waals surface area contributed by atoms with Crippen LogP contribution in [0.5, 0.6) is 0 Å². The highest BCUT2D eigenvalue weighted by Gasteiger charge is 2.46. The van der Waals surface area contributed by atoms with Crippen molar-refractivity contribution in [2.75, 3.05) is 70.3 Å². The van der Waals surface area contributed by atoms with Gasteiger partial charge >= 0.3 is 12.1 Å². The fourth-order valence-corrected chi connectivity index (χ4v) is 13.8. The predicted molar refractivity (Wildman–Crippen MR) is 365 cm³/mol. The molecule has 0 radical (unpaired) electrons. The van der Waals surface area contributed by atoms with E-state index in [0.29, 0.717) is 109 Å². The zero-order chi connectivity index (χ0) is 66.4. The van der Waals surface area contributed by atoms with Crippen LogP contribution in [0.2, 0.25) is 0 Å². The van der Waals surface area contributed by atoms with Gasteiger partial charge in [-0.05, 0) is 66.1 Å². The van der Waals surface area contributed by atoms with Crippen LogP contribution in [-0.4, -0.2) is 171 Å². The molecule has 10 atom stereocenters. The second-order valence-electron chi connectivity index (χ2n) is 25.2. The lowest BCUT2D eigenvalue weighted by Crippen LogP contribution is -2.42. The summed E-state index contributed by atoms with van der Waals surface area (Å²) in [7, 11) is 0. The minimum atomic E-state index is -1.22. The monoisotopic (exact) mass is 1300 g/mol. The number of imidazole rings is 2. The van der Waals surface area contributed by atoms with E-state index in [4.69, 9.17) is 29.9 Å². The SMILES string of the molecule is CCC(=O)NC1C[C@H](n2cnc3c(NCC(c4ccccc4)c4ccccc4)nc(N4CCC(NC(=O)Nc5cccc(NC(=O)NC6CCN(c7nc(NCC(c8ccccc8)c8ccccc8)c8ncn([C@@H]9CC(NC(=O)CC)[C@H](O)C9O)c8n7)C6)c5)C4)nc32)C(O)[C@@H]1O. The van der Waals surface area contributed by atoms with Crippen molar-refractivity contribution >= 4 is 81.1 Å². The van der Waals surface area contributed by atoms with E-state index >= 15 is 0 Å². The molecule has 5 aromatic carbocycles. The van der Waals surface area contributed by atoms with Crippen molar-refractivity contribution in [3.63, 3.8) is 0 Å². The zero-order valence-electron chi connectivity index (χ0n) is 53.3. The number of anilines is 6. The van der Waals surface area contributed by atoms with E-state index in [1.165, 1.54) is 0 Å². The van der Waals surface area contributed by atoms with Gasteiger partial charge in [0.2, 0.25) is 23.7 Å². The maximum absolute atomic E-state index is 13.8. The van der Waals surface area contributed by atoms with E-state index in [2.05, 4.69) is 91.1 Å². The first-order chi connectivity index (χ1) is 46.7. The van der Waals surface area contributed by atoms with Gasteiger partial charge in [-0.15, -0.1) is 0 Å².